The van der Waals surface area contributed by atoms with Crippen molar-refractivity contribution in [3.8, 4) is 0 Å². The molecule has 1 aromatic rings. The Morgan fingerprint density at radius 1 is 1.35 bits per heavy atom. The highest BCUT2D eigenvalue weighted by molar-refractivity contribution is 5.30. The second-order valence-electron chi connectivity index (χ2n) is 5.95. The molecule has 0 aliphatic carbocycles. The van der Waals surface area contributed by atoms with E-state index in [1.807, 2.05) is 0 Å². The Kier molecular flexibility index (Phi) is 6.02. The first-order valence-electron chi connectivity index (χ1n) is 7.70. The van der Waals surface area contributed by atoms with Crippen LogP contribution < -0.4 is 5.32 Å². The number of nitrogens with one attached hydrogen (secondary N) is 1. The van der Waals surface area contributed by atoms with Gasteiger partial charge in [0.1, 0.15) is 0 Å². The Labute approximate surface area is 123 Å². The van der Waals surface area contributed by atoms with Crippen molar-refractivity contribution >= 4 is 0 Å². The highest BCUT2D eigenvalue weighted by atomic mass is 16.5. The summed E-state index contributed by atoms with van der Waals surface area (Å²) in [6, 6.07) is 7.39. The molecule has 1 aliphatic rings. The quantitative estimate of drug-likeness (QED) is 0.828. The summed E-state index contributed by atoms with van der Waals surface area (Å²) in [5, 5.41) is 3.59. The van der Waals surface area contributed by atoms with Crippen LogP contribution in [0.1, 0.15) is 29.5 Å². The zero-order valence-corrected chi connectivity index (χ0v) is 13.1. The SMILES string of the molecule is COCCN(Cc1cc(C)ccc1C)CC1CCCN1. The predicted molar refractivity (Wildman–Crippen MR) is 84.1 cm³/mol. The van der Waals surface area contributed by atoms with E-state index in [-0.39, 0.29) is 0 Å². The van der Waals surface area contributed by atoms with E-state index in [0.29, 0.717) is 6.04 Å². The summed E-state index contributed by atoms with van der Waals surface area (Å²) in [6.45, 7) is 9.50. The van der Waals surface area contributed by atoms with Gasteiger partial charge in [-0.3, -0.25) is 4.90 Å². The van der Waals surface area contributed by atoms with Crippen molar-refractivity contribution in [3.05, 3.63) is 34.9 Å². The minimum atomic E-state index is 0.650. The van der Waals surface area contributed by atoms with Crippen molar-refractivity contribution in [2.45, 2.75) is 39.3 Å². The van der Waals surface area contributed by atoms with Crippen LogP contribution >= 0.6 is 0 Å². The Hall–Kier alpha value is -0.900. The number of nitrogens with zero attached hydrogens (tertiary/aromatic N) is 1. The molecule has 20 heavy (non-hydrogen) atoms. The number of hydrogen-bond donors (Lipinski definition) is 1. The second kappa shape index (κ2) is 7.77. The van der Waals surface area contributed by atoms with Gasteiger partial charge in [0, 0.05) is 32.8 Å². The van der Waals surface area contributed by atoms with E-state index in [0.717, 1.165) is 26.2 Å². The molecule has 0 bridgehead atoms. The number of rotatable bonds is 7. The van der Waals surface area contributed by atoms with Crippen LogP contribution in [-0.2, 0) is 11.3 Å². The second-order valence-corrected chi connectivity index (χ2v) is 5.95. The largest absolute Gasteiger partial charge is 0.383 e. The summed E-state index contributed by atoms with van der Waals surface area (Å²) < 4.78 is 5.27. The van der Waals surface area contributed by atoms with Crippen LogP contribution in [0.5, 0.6) is 0 Å². The summed E-state index contributed by atoms with van der Waals surface area (Å²) in [7, 11) is 1.78. The normalized spacial score (nSPS) is 18.9. The number of methoxy groups -OCH3 is 1. The molecule has 0 spiro atoms. The van der Waals surface area contributed by atoms with E-state index < -0.39 is 0 Å². The van der Waals surface area contributed by atoms with Crippen molar-refractivity contribution in [2.24, 2.45) is 0 Å². The molecule has 1 aromatic carbocycles. The maximum Gasteiger partial charge on any atom is 0.0589 e. The van der Waals surface area contributed by atoms with Crippen LogP contribution in [0.3, 0.4) is 0 Å². The van der Waals surface area contributed by atoms with E-state index >= 15 is 0 Å². The van der Waals surface area contributed by atoms with Crippen LogP contribution in [0.25, 0.3) is 0 Å². The molecule has 3 nitrogen and oxygen atoms in total. The molecule has 1 unspecified atom stereocenters. The third kappa shape index (κ3) is 4.58. The molecule has 1 aliphatic heterocycles. The molecule has 0 radical (unpaired) electrons. The van der Waals surface area contributed by atoms with Crippen LogP contribution in [0.15, 0.2) is 18.2 Å². The molecule has 112 valence electrons. The van der Waals surface area contributed by atoms with Gasteiger partial charge < -0.3 is 10.1 Å². The molecule has 0 saturated carbocycles. The van der Waals surface area contributed by atoms with Gasteiger partial charge in [0.05, 0.1) is 6.61 Å². The summed E-state index contributed by atoms with van der Waals surface area (Å²) in [5.74, 6) is 0. The zero-order valence-electron chi connectivity index (χ0n) is 13.1. The number of benzene rings is 1. The standard InChI is InChI=1S/C17H28N2O/c1-14-6-7-15(2)16(11-14)12-19(9-10-20-3)13-17-5-4-8-18-17/h6-7,11,17-18H,4-5,8-10,12-13H2,1-3H3. The van der Waals surface area contributed by atoms with Crippen molar-refractivity contribution in [3.63, 3.8) is 0 Å². The molecular formula is C17H28N2O. The smallest absolute Gasteiger partial charge is 0.0589 e. The fourth-order valence-corrected chi connectivity index (χ4v) is 2.89. The summed E-state index contributed by atoms with van der Waals surface area (Å²) >= 11 is 0. The van der Waals surface area contributed by atoms with E-state index in [1.165, 1.54) is 36.1 Å². The van der Waals surface area contributed by atoms with Gasteiger partial charge in [-0.05, 0) is 44.4 Å². The molecule has 1 fully saturated rings. The first-order valence-corrected chi connectivity index (χ1v) is 7.70. The predicted octanol–water partition coefficient (Wildman–Crippen LogP) is 2.50. The van der Waals surface area contributed by atoms with Gasteiger partial charge in [0.15, 0.2) is 0 Å². The van der Waals surface area contributed by atoms with Crippen molar-refractivity contribution in [1.29, 1.82) is 0 Å². The lowest BCUT2D eigenvalue weighted by Crippen LogP contribution is -2.38. The van der Waals surface area contributed by atoms with Crippen molar-refractivity contribution < 1.29 is 4.74 Å². The molecule has 1 heterocycles. The van der Waals surface area contributed by atoms with Gasteiger partial charge in [-0.2, -0.15) is 0 Å². The Morgan fingerprint density at radius 2 is 2.20 bits per heavy atom. The van der Waals surface area contributed by atoms with Crippen molar-refractivity contribution in [1.82, 2.24) is 10.2 Å². The monoisotopic (exact) mass is 276 g/mol. The first-order chi connectivity index (χ1) is 9.69. The van der Waals surface area contributed by atoms with E-state index in [4.69, 9.17) is 4.74 Å². The zero-order chi connectivity index (χ0) is 14.4. The lowest BCUT2D eigenvalue weighted by molar-refractivity contribution is 0.138. The lowest BCUT2D eigenvalue weighted by atomic mass is 10.0. The Bertz CT molecular complexity index is 413. The summed E-state index contributed by atoms with van der Waals surface area (Å²) in [6.07, 6.45) is 2.61. The molecule has 1 atom stereocenters. The Balaban J connectivity index is 1.99. The molecular weight excluding hydrogens is 248 g/mol. The molecule has 1 N–H and O–H groups in total. The maximum absolute atomic E-state index is 5.27. The van der Waals surface area contributed by atoms with Crippen LogP contribution in [-0.4, -0.2) is 44.3 Å². The summed E-state index contributed by atoms with van der Waals surface area (Å²) in [4.78, 5) is 2.52. The van der Waals surface area contributed by atoms with Crippen LogP contribution in [0.4, 0.5) is 0 Å². The van der Waals surface area contributed by atoms with Gasteiger partial charge in [0.2, 0.25) is 0 Å². The fraction of sp³-hybridized carbons (Fsp3) is 0.647. The van der Waals surface area contributed by atoms with Gasteiger partial charge in [-0.25, -0.2) is 0 Å². The van der Waals surface area contributed by atoms with Gasteiger partial charge in [-0.1, -0.05) is 23.8 Å². The molecule has 2 rings (SSSR count). The van der Waals surface area contributed by atoms with E-state index in [2.05, 4.69) is 42.3 Å². The number of hydrogen-bond acceptors (Lipinski definition) is 3. The first kappa shape index (κ1) is 15.5. The molecule has 0 aromatic heterocycles. The molecule has 1 saturated heterocycles. The average molecular weight is 276 g/mol. The van der Waals surface area contributed by atoms with E-state index in [9.17, 15) is 0 Å². The van der Waals surface area contributed by atoms with Crippen LogP contribution in [0.2, 0.25) is 0 Å². The minimum absolute atomic E-state index is 0.650. The third-order valence-corrected chi connectivity index (χ3v) is 4.15. The molecule has 3 heteroatoms. The molecule has 0 amide bonds. The Morgan fingerprint density at radius 3 is 2.90 bits per heavy atom. The lowest BCUT2D eigenvalue weighted by Gasteiger charge is -2.26. The summed E-state index contributed by atoms with van der Waals surface area (Å²) in [5.41, 5.74) is 4.17. The fourth-order valence-electron chi connectivity index (χ4n) is 2.89. The third-order valence-electron chi connectivity index (χ3n) is 4.15. The highest BCUT2D eigenvalue weighted by Gasteiger charge is 2.18. The van der Waals surface area contributed by atoms with Crippen LogP contribution in [0, 0.1) is 13.8 Å². The van der Waals surface area contributed by atoms with Gasteiger partial charge in [0.25, 0.3) is 0 Å². The van der Waals surface area contributed by atoms with Crippen molar-refractivity contribution in [2.75, 3.05) is 33.4 Å². The number of ether oxygens (including phenoxy) is 1. The minimum Gasteiger partial charge on any atom is -0.383 e. The average Bonchev–Trinajstić information content (AvgIpc) is 2.93. The van der Waals surface area contributed by atoms with Gasteiger partial charge in [-0.15, -0.1) is 0 Å². The van der Waals surface area contributed by atoms with Gasteiger partial charge >= 0.3 is 0 Å². The maximum atomic E-state index is 5.27. The topological polar surface area (TPSA) is 24.5 Å². The number of aryl methyl sites for hydroxylation is 2. The highest BCUT2D eigenvalue weighted by Crippen LogP contribution is 2.15. The van der Waals surface area contributed by atoms with E-state index in [1.54, 1.807) is 7.11 Å².